The van der Waals surface area contributed by atoms with Crippen LogP contribution < -0.4 is 0 Å². The van der Waals surface area contributed by atoms with Gasteiger partial charge in [0.2, 0.25) is 0 Å². The SMILES string of the molecule is Fc1cccc(/N=C/c2cccc3cc[nH]c23)c1. The Kier molecular flexibility index (Phi) is 2.65. The molecule has 0 amide bonds. The molecule has 0 bridgehead atoms. The number of aliphatic imine (C=N–C) groups is 1. The second-order valence-corrected chi connectivity index (χ2v) is 4.03. The number of H-pyrrole nitrogens is 1. The average molecular weight is 238 g/mol. The molecule has 0 aliphatic carbocycles. The topological polar surface area (TPSA) is 28.1 Å². The summed E-state index contributed by atoms with van der Waals surface area (Å²) in [5, 5.41) is 1.14. The molecule has 0 aliphatic rings. The van der Waals surface area contributed by atoms with Crippen LogP contribution in [0.2, 0.25) is 0 Å². The fraction of sp³-hybridized carbons (Fsp3) is 0. The standard InChI is InChI=1S/C15H11FN2/c16-13-5-2-6-14(9-13)18-10-12-4-1-3-11-7-8-17-15(11)12/h1-10,17H/b18-10+. The Morgan fingerprint density at radius 2 is 1.94 bits per heavy atom. The van der Waals surface area contributed by atoms with Crippen molar-refractivity contribution in [3.8, 4) is 0 Å². The summed E-state index contributed by atoms with van der Waals surface area (Å²) in [6.07, 6.45) is 3.64. The summed E-state index contributed by atoms with van der Waals surface area (Å²) in [7, 11) is 0. The Hall–Kier alpha value is -2.42. The van der Waals surface area contributed by atoms with Crippen molar-refractivity contribution in [1.82, 2.24) is 4.98 Å². The monoisotopic (exact) mass is 238 g/mol. The number of para-hydroxylation sites is 1. The molecule has 1 N–H and O–H groups in total. The zero-order chi connectivity index (χ0) is 12.4. The molecule has 1 aromatic heterocycles. The van der Waals surface area contributed by atoms with E-state index in [4.69, 9.17) is 0 Å². The van der Waals surface area contributed by atoms with E-state index in [1.54, 1.807) is 18.3 Å². The van der Waals surface area contributed by atoms with Gasteiger partial charge < -0.3 is 4.98 Å². The first kappa shape index (κ1) is 10.7. The predicted octanol–water partition coefficient (Wildman–Crippen LogP) is 4.06. The summed E-state index contributed by atoms with van der Waals surface area (Å²) in [5.41, 5.74) is 2.64. The molecule has 3 rings (SSSR count). The highest BCUT2D eigenvalue weighted by Gasteiger charge is 1.98. The van der Waals surface area contributed by atoms with E-state index in [0.717, 1.165) is 16.5 Å². The minimum Gasteiger partial charge on any atom is -0.361 e. The molecule has 0 radical (unpaired) electrons. The Morgan fingerprint density at radius 3 is 2.83 bits per heavy atom. The van der Waals surface area contributed by atoms with Gasteiger partial charge in [-0.3, -0.25) is 4.99 Å². The second kappa shape index (κ2) is 4.45. The largest absolute Gasteiger partial charge is 0.361 e. The lowest BCUT2D eigenvalue weighted by atomic mass is 10.1. The van der Waals surface area contributed by atoms with Crippen molar-refractivity contribution in [3.63, 3.8) is 0 Å². The number of rotatable bonds is 2. The average Bonchev–Trinajstić information content (AvgIpc) is 2.85. The van der Waals surface area contributed by atoms with Crippen LogP contribution in [0.5, 0.6) is 0 Å². The maximum atomic E-state index is 13.0. The van der Waals surface area contributed by atoms with E-state index in [-0.39, 0.29) is 5.82 Å². The number of nitrogens with zero attached hydrogens (tertiary/aromatic N) is 1. The van der Waals surface area contributed by atoms with E-state index in [1.165, 1.54) is 12.1 Å². The van der Waals surface area contributed by atoms with Gasteiger partial charge in [0, 0.05) is 23.4 Å². The summed E-state index contributed by atoms with van der Waals surface area (Å²) in [4.78, 5) is 7.45. The molecule has 3 heteroatoms. The molecule has 0 aliphatic heterocycles. The van der Waals surface area contributed by atoms with Gasteiger partial charge in [-0.15, -0.1) is 0 Å². The molecule has 0 unspecified atom stereocenters. The van der Waals surface area contributed by atoms with Crippen LogP contribution in [0.1, 0.15) is 5.56 Å². The van der Waals surface area contributed by atoms with E-state index in [9.17, 15) is 4.39 Å². The van der Waals surface area contributed by atoms with Gasteiger partial charge >= 0.3 is 0 Å². The normalized spacial score (nSPS) is 11.4. The lowest BCUT2D eigenvalue weighted by Gasteiger charge is -1.97. The molecule has 2 aromatic carbocycles. The third-order valence-electron chi connectivity index (χ3n) is 2.78. The molecule has 0 fully saturated rings. The molecule has 0 saturated carbocycles. The summed E-state index contributed by atoms with van der Waals surface area (Å²) in [6, 6.07) is 14.2. The maximum Gasteiger partial charge on any atom is 0.125 e. The highest BCUT2D eigenvalue weighted by atomic mass is 19.1. The van der Waals surface area contributed by atoms with Gasteiger partial charge in [0.15, 0.2) is 0 Å². The third-order valence-corrected chi connectivity index (χ3v) is 2.78. The molecule has 0 atom stereocenters. The number of hydrogen-bond donors (Lipinski definition) is 1. The fourth-order valence-corrected chi connectivity index (χ4v) is 1.92. The van der Waals surface area contributed by atoms with E-state index >= 15 is 0 Å². The first-order valence-corrected chi connectivity index (χ1v) is 5.69. The van der Waals surface area contributed by atoms with Gasteiger partial charge in [0.1, 0.15) is 5.82 Å². The fourth-order valence-electron chi connectivity index (χ4n) is 1.92. The Balaban J connectivity index is 1.99. The number of fused-ring (bicyclic) bond motifs is 1. The quantitative estimate of drug-likeness (QED) is 0.652. The van der Waals surface area contributed by atoms with E-state index in [1.807, 2.05) is 30.5 Å². The minimum absolute atomic E-state index is 0.275. The number of aromatic nitrogens is 1. The van der Waals surface area contributed by atoms with Crippen molar-refractivity contribution >= 4 is 22.8 Å². The van der Waals surface area contributed by atoms with Crippen LogP contribution >= 0.6 is 0 Å². The molecular formula is C15H11FN2. The second-order valence-electron chi connectivity index (χ2n) is 4.03. The van der Waals surface area contributed by atoms with E-state index < -0.39 is 0 Å². The number of hydrogen-bond acceptors (Lipinski definition) is 1. The zero-order valence-corrected chi connectivity index (χ0v) is 9.60. The molecule has 2 nitrogen and oxygen atoms in total. The zero-order valence-electron chi connectivity index (χ0n) is 9.60. The van der Waals surface area contributed by atoms with Crippen molar-refractivity contribution < 1.29 is 4.39 Å². The first-order valence-electron chi connectivity index (χ1n) is 5.69. The van der Waals surface area contributed by atoms with Crippen molar-refractivity contribution in [2.75, 3.05) is 0 Å². The number of benzene rings is 2. The molecule has 1 heterocycles. The third kappa shape index (κ3) is 2.02. The van der Waals surface area contributed by atoms with Crippen molar-refractivity contribution in [2.45, 2.75) is 0 Å². The van der Waals surface area contributed by atoms with Crippen molar-refractivity contribution in [1.29, 1.82) is 0 Å². The molecular weight excluding hydrogens is 227 g/mol. The number of nitrogens with one attached hydrogen (secondary N) is 1. The summed E-state index contributed by atoms with van der Waals surface area (Å²) in [6.45, 7) is 0. The van der Waals surface area contributed by atoms with Gasteiger partial charge in [-0.2, -0.15) is 0 Å². The van der Waals surface area contributed by atoms with Crippen molar-refractivity contribution in [3.05, 3.63) is 66.1 Å². The van der Waals surface area contributed by atoms with Crippen LogP contribution in [0, 0.1) is 5.82 Å². The van der Waals surface area contributed by atoms with Gasteiger partial charge in [0.05, 0.1) is 11.2 Å². The lowest BCUT2D eigenvalue weighted by Crippen LogP contribution is -1.83. The minimum atomic E-state index is -0.275. The van der Waals surface area contributed by atoms with Crippen LogP contribution in [0.15, 0.2) is 59.7 Å². The molecule has 3 aromatic rings. The van der Waals surface area contributed by atoms with Gasteiger partial charge in [-0.25, -0.2) is 4.39 Å². The number of aromatic amines is 1. The van der Waals surface area contributed by atoms with Crippen LogP contribution in [0.4, 0.5) is 10.1 Å². The first-order chi connectivity index (χ1) is 8.83. The highest BCUT2D eigenvalue weighted by Crippen LogP contribution is 2.17. The lowest BCUT2D eigenvalue weighted by molar-refractivity contribution is 0.628. The smallest absolute Gasteiger partial charge is 0.125 e. The summed E-state index contributed by atoms with van der Waals surface area (Å²) in [5.74, 6) is -0.275. The molecule has 88 valence electrons. The van der Waals surface area contributed by atoms with Gasteiger partial charge in [-0.1, -0.05) is 24.3 Å². The Labute approximate surface area is 104 Å². The molecule has 18 heavy (non-hydrogen) atoms. The van der Waals surface area contributed by atoms with Crippen LogP contribution in [0.3, 0.4) is 0 Å². The van der Waals surface area contributed by atoms with Crippen LogP contribution in [0.25, 0.3) is 10.9 Å². The summed E-state index contributed by atoms with van der Waals surface area (Å²) < 4.78 is 13.0. The van der Waals surface area contributed by atoms with E-state index in [2.05, 4.69) is 9.98 Å². The molecule has 0 spiro atoms. The number of halogens is 1. The Bertz CT molecular complexity index is 713. The predicted molar refractivity (Wildman–Crippen MR) is 72.0 cm³/mol. The van der Waals surface area contributed by atoms with Crippen LogP contribution in [-0.2, 0) is 0 Å². The highest BCUT2D eigenvalue weighted by molar-refractivity contribution is 5.98. The summed E-state index contributed by atoms with van der Waals surface area (Å²) >= 11 is 0. The molecule has 0 saturated heterocycles. The maximum absolute atomic E-state index is 13.0. The van der Waals surface area contributed by atoms with Crippen molar-refractivity contribution in [2.24, 2.45) is 4.99 Å². The van der Waals surface area contributed by atoms with Crippen LogP contribution in [-0.4, -0.2) is 11.2 Å². The van der Waals surface area contributed by atoms with Gasteiger partial charge in [-0.05, 0) is 24.3 Å². The Morgan fingerprint density at radius 1 is 1.06 bits per heavy atom. The van der Waals surface area contributed by atoms with Gasteiger partial charge in [0.25, 0.3) is 0 Å². The van der Waals surface area contributed by atoms with E-state index in [0.29, 0.717) is 5.69 Å².